The molecule has 0 amide bonds. The number of hydrogen-bond donors (Lipinski definition) is 1. The summed E-state index contributed by atoms with van der Waals surface area (Å²) in [6.07, 6.45) is 6.03. The highest BCUT2D eigenvalue weighted by atomic mass is 16.4. The molecular weight excluding hydrogens is 222 g/mol. The van der Waals surface area contributed by atoms with Crippen LogP contribution in [0.4, 0.5) is 0 Å². The van der Waals surface area contributed by atoms with Crippen molar-refractivity contribution in [3.63, 3.8) is 0 Å². The van der Waals surface area contributed by atoms with Crippen molar-refractivity contribution in [1.29, 1.82) is 0 Å². The van der Waals surface area contributed by atoms with E-state index in [-0.39, 0.29) is 5.82 Å². The van der Waals surface area contributed by atoms with Gasteiger partial charge in [0, 0.05) is 6.42 Å². The molecule has 2 aromatic rings. The second kappa shape index (κ2) is 4.69. The summed E-state index contributed by atoms with van der Waals surface area (Å²) in [6.45, 7) is 1.99. The summed E-state index contributed by atoms with van der Waals surface area (Å²) in [5.74, 6) is -0.755. The van der Waals surface area contributed by atoms with Crippen LogP contribution in [0.15, 0.2) is 18.7 Å². The Bertz CT molecular complexity index is 523. The topological polar surface area (TPSA) is 93.8 Å². The number of aromatic nitrogens is 5. The van der Waals surface area contributed by atoms with Crippen LogP contribution < -0.4 is 0 Å². The predicted octanol–water partition coefficient (Wildman–Crippen LogP) is 0.708. The molecule has 2 aromatic heterocycles. The second-order valence-electron chi connectivity index (χ2n) is 3.42. The normalized spacial score (nSPS) is 10.4. The third-order valence-corrected chi connectivity index (χ3v) is 2.13. The lowest BCUT2D eigenvalue weighted by Crippen LogP contribution is -2.04. The minimum Gasteiger partial charge on any atom is -0.475 e. The number of rotatable bonds is 4. The van der Waals surface area contributed by atoms with E-state index in [4.69, 9.17) is 5.11 Å². The number of nitrogens with zero attached hydrogens (tertiary/aromatic N) is 5. The predicted molar refractivity (Wildman–Crippen MR) is 57.9 cm³/mol. The van der Waals surface area contributed by atoms with Crippen molar-refractivity contribution in [1.82, 2.24) is 24.7 Å². The molecule has 88 valence electrons. The van der Waals surface area contributed by atoms with E-state index in [1.54, 1.807) is 12.4 Å². The zero-order valence-electron chi connectivity index (χ0n) is 9.24. The zero-order valence-corrected chi connectivity index (χ0v) is 9.24. The molecule has 2 rings (SSSR count). The van der Waals surface area contributed by atoms with Crippen LogP contribution in [0.3, 0.4) is 0 Å². The van der Waals surface area contributed by atoms with Crippen molar-refractivity contribution < 1.29 is 9.90 Å². The number of carboxylic acids is 1. The lowest BCUT2D eigenvalue weighted by Gasteiger charge is -2.02. The summed E-state index contributed by atoms with van der Waals surface area (Å²) < 4.78 is 1.47. The fourth-order valence-corrected chi connectivity index (χ4v) is 1.43. The molecule has 0 fully saturated rings. The Morgan fingerprint density at radius 3 is 2.71 bits per heavy atom. The van der Waals surface area contributed by atoms with Crippen LogP contribution >= 0.6 is 0 Å². The summed E-state index contributed by atoms with van der Waals surface area (Å²) in [7, 11) is 0. The van der Waals surface area contributed by atoms with Gasteiger partial charge in [0.25, 0.3) is 5.82 Å². The quantitative estimate of drug-likeness (QED) is 0.835. The van der Waals surface area contributed by atoms with Crippen LogP contribution in [0.1, 0.15) is 29.8 Å². The molecule has 0 spiro atoms. The van der Waals surface area contributed by atoms with Crippen molar-refractivity contribution in [2.24, 2.45) is 0 Å². The molecule has 2 heterocycles. The highest BCUT2D eigenvalue weighted by Gasteiger charge is 2.15. The molecule has 0 saturated heterocycles. The standard InChI is InChI=1S/C10H11N5O2/c1-2-3-8-13-9(10(16)17)14-15(8)7-4-11-6-12-5-7/h4-6H,2-3H2,1H3,(H,16,17). The molecular formula is C10H11N5O2. The lowest BCUT2D eigenvalue weighted by molar-refractivity contribution is 0.0683. The van der Waals surface area contributed by atoms with E-state index in [1.807, 2.05) is 6.92 Å². The first-order chi connectivity index (χ1) is 8.22. The molecule has 0 radical (unpaired) electrons. The monoisotopic (exact) mass is 233 g/mol. The van der Waals surface area contributed by atoms with E-state index < -0.39 is 5.97 Å². The number of hydrogen-bond acceptors (Lipinski definition) is 5. The Morgan fingerprint density at radius 1 is 1.41 bits per heavy atom. The first-order valence-corrected chi connectivity index (χ1v) is 5.17. The van der Waals surface area contributed by atoms with Crippen LogP contribution in [0.5, 0.6) is 0 Å². The highest BCUT2D eigenvalue weighted by molar-refractivity contribution is 5.83. The number of carboxylic acid groups (broad SMARTS) is 1. The summed E-state index contributed by atoms with van der Waals surface area (Å²) in [4.78, 5) is 22.5. The third kappa shape index (κ3) is 2.27. The Morgan fingerprint density at radius 2 is 2.12 bits per heavy atom. The van der Waals surface area contributed by atoms with Gasteiger partial charge in [0.2, 0.25) is 0 Å². The van der Waals surface area contributed by atoms with Gasteiger partial charge in [0.05, 0.1) is 12.4 Å². The molecule has 7 nitrogen and oxygen atoms in total. The summed E-state index contributed by atoms with van der Waals surface area (Å²) in [6, 6.07) is 0. The van der Waals surface area contributed by atoms with Gasteiger partial charge in [0.15, 0.2) is 0 Å². The largest absolute Gasteiger partial charge is 0.475 e. The van der Waals surface area contributed by atoms with Gasteiger partial charge in [-0.1, -0.05) is 6.92 Å². The summed E-state index contributed by atoms with van der Waals surface area (Å²) in [5.41, 5.74) is 0.607. The van der Waals surface area contributed by atoms with Crippen LogP contribution in [0, 0.1) is 0 Å². The van der Waals surface area contributed by atoms with E-state index in [2.05, 4.69) is 20.1 Å². The lowest BCUT2D eigenvalue weighted by atomic mass is 10.3. The van der Waals surface area contributed by atoms with E-state index in [1.165, 1.54) is 11.0 Å². The molecule has 0 aliphatic carbocycles. The third-order valence-electron chi connectivity index (χ3n) is 2.13. The Labute approximate surface area is 97.2 Å². The van der Waals surface area contributed by atoms with Crippen molar-refractivity contribution in [2.45, 2.75) is 19.8 Å². The van der Waals surface area contributed by atoms with E-state index in [9.17, 15) is 4.79 Å². The van der Waals surface area contributed by atoms with Crippen molar-refractivity contribution in [2.75, 3.05) is 0 Å². The molecule has 0 unspecified atom stereocenters. The number of aromatic carboxylic acids is 1. The maximum Gasteiger partial charge on any atom is 0.375 e. The van der Waals surface area contributed by atoms with Gasteiger partial charge in [-0.05, 0) is 6.42 Å². The molecule has 0 aliphatic rings. The fourth-order valence-electron chi connectivity index (χ4n) is 1.43. The SMILES string of the molecule is CCCc1nc(C(=O)O)nn1-c1cncnc1. The molecule has 0 atom stereocenters. The van der Waals surface area contributed by atoms with Gasteiger partial charge in [0.1, 0.15) is 17.8 Å². The average molecular weight is 233 g/mol. The second-order valence-corrected chi connectivity index (χ2v) is 3.42. The summed E-state index contributed by atoms with van der Waals surface area (Å²) >= 11 is 0. The highest BCUT2D eigenvalue weighted by Crippen LogP contribution is 2.09. The van der Waals surface area contributed by atoms with Gasteiger partial charge in [-0.25, -0.2) is 24.4 Å². The smallest absolute Gasteiger partial charge is 0.375 e. The van der Waals surface area contributed by atoms with Gasteiger partial charge >= 0.3 is 5.97 Å². The van der Waals surface area contributed by atoms with Gasteiger partial charge < -0.3 is 5.11 Å². The van der Waals surface area contributed by atoms with Crippen LogP contribution in [-0.4, -0.2) is 35.8 Å². The van der Waals surface area contributed by atoms with E-state index in [0.29, 0.717) is 17.9 Å². The minimum atomic E-state index is -1.14. The summed E-state index contributed by atoms with van der Waals surface area (Å²) in [5, 5.41) is 12.8. The van der Waals surface area contributed by atoms with Gasteiger partial charge in [-0.3, -0.25) is 0 Å². The Balaban J connectivity index is 2.48. The first kappa shape index (κ1) is 11.2. The molecule has 0 bridgehead atoms. The minimum absolute atomic E-state index is 0.211. The Hall–Kier alpha value is -2.31. The van der Waals surface area contributed by atoms with Crippen LogP contribution in [-0.2, 0) is 6.42 Å². The maximum atomic E-state index is 10.8. The first-order valence-electron chi connectivity index (χ1n) is 5.17. The van der Waals surface area contributed by atoms with Crippen molar-refractivity contribution >= 4 is 5.97 Å². The number of carbonyl (C=O) groups is 1. The molecule has 0 aromatic carbocycles. The maximum absolute atomic E-state index is 10.8. The molecule has 1 N–H and O–H groups in total. The average Bonchev–Trinajstić information content (AvgIpc) is 2.75. The molecule has 17 heavy (non-hydrogen) atoms. The van der Waals surface area contributed by atoms with Gasteiger partial charge in [-0.15, -0.1) is 5.10 Å². The molecule has 0 saturated carbocycles. The molecule has 0 aliphatic heterocycles. The Kier molecular flexibility index (Phi) is 3.08. The van der Waals surface area contributed by atoms with E-state index in [0.717, 1.165) is 6.42 Å². The number of aryl methyl sites for hydroxylation is 1. The fraction of sp³-hybridized carbons (Fsp3) is 0.300. The zero-order chi connectivity index (χ0) is 12.3. The van der Waals surface area contributed by atoms with Crippen molar-refractivity contribution in [3.05, 3.63) is 30.4 Å². The van der Waals surface area contributed by atoms with E-state index >= 15 is 0 Å². The van der Waals surface area contributed by atoms with Crippen LogP contribution in [0.25, 0.3) is 5.69 Å². The van der Waals surface area contributed by atoms with Gasteiger partial charge in [-0.2, -0.15) is 0 Å². The molecule has 7 heteroatoms. The van der Waals surface area contributed by atoms with Crippen LogP contribution in [0.2, 0.25) is 0 Å². The van der Waals surface area contributed by atoms with Crippen molar-refractivity contribution in [3.8, 4) is 5.69 Å².